The molecule has 17 heavy (non-hydrogen) atoms. The van der Waals surface area contributed by atoms with Gasteiger partial charge in [0.15, 0.2) is 0 Å². The van der Waals surface area contributed by atoms with Gasteiger partial charge in [-0.15, -0.1) is 0 Å². The molecule has 1 aliphatic carbocycles. The van der Waals surface area contributed by atoms with Gasteiger partial charge < -0.3 is 10.3 Å². The third kappa shape index (κ3) is 2.52. The van der Waals surface area contributed by atoms with Crippen molar-refractivity contribution in [1.29, 1.82) is 0 Å². The van der Waals surface area contributed by atoms with Crippen molar-refractivity contribution < 1.29 is 0 Å². The summed E-state index contributed by atoms with van der Waals surface area (Å²) in [6, 6.07) is 8.76. The molecule has 1 aromatic heterocycles. The first-order valence-corrected chi connectivity index (χ1v) is 6.68. The molecule has 0 saturated heterocycles. The maximum atomic E-state index is 3.54. The van der Waals surface area contributed by atoms with Crippen molar-refractivity contribution in [2.24, 2.45) is 5.92 Å². The van der Waals surface area contributed by atoms with E-state index in [1.807, 2.05) is 6.20 Å². The zero-order valence-corrected chi connectivity index (χ0v) is 10.2. The van der Waals surface area contributed by atoms with E-state index in [2.05, 4.69) is 34.6 Å². The molecule has 2 heteroatoms. The van der Waals surface area contributed by atoms with Crippen LogP contribution in [0.4, 0.5) is 0 Å². The van der Waals surface area contributed by atoms with Crippen molar-refractivity contribution in [1.82, 2.24) is 10.3 Å². The van der Waals surface area contributed by atoms with E-state index in [1.165, 1.54) is 42.1 Å². The van der Waals surface area contributed by atoms with Gasteiger partial charge in [-0.25, -0.2) is 0 Å². The summed E-state index contributed by atoms with van der Waals surface area (Å²) in [6.07, 6.45) is 7.71. The van der Waals surface area contributed by atoms with Crippen molar-refractivity contribution in [2.75, 3.05) is 6.54 Å². The number of H-pyrrole nitrogens is 1. The molecule has 0 amide bonds. The van der Waals surface area contributed by atoms with Gasteiger partial charge in [-0.1, -0.05) is 31.4 Å². The Morgan fingerprint density at radius 1 is 1.24 bits per heavy atom. The minimum atomic E-state index is 0.988. The normalized spacial score (nSPS) is 16.2. The average Bonchev–Trinajstić information content (AvgIpc) is 2.73. The Morgan fingerprint density at radius 3 is 3.00 bits per heavy atom. The van der Waals surface area contributed by atoms with E-state index >= 15 is 0 Å². The summed E-state index contributed by atoms with van der Waals surface area (Å²) in [4.78, 5) is 3.26. The van der Waals surface area contributed by atoms with Crippen LogP contribution in [0.2, 0.25) is 0 Å². The monoisotopic (exact) mass is 228 g/mol. The quantitative estimate of drug-likeness (QED) is 0.754. The van der Waals surface area contributed by atoms with Crippen LogP contribution in [0.25, 0.3) is 10.9 Å². The first-order valence-electron chi connectivity index (χ1n) is 6.68. The van der Waals surface area contributed by atoms with Crippen molar-refractivity contribution >= 4 is 10.9 Å². The third-order valence-corrected chi connectivity index (χ3v) is 3.90. The van der Waals surface area contributed by atoms with Crippen molar-refractivity contribution in [3.63, 3.8) is 0 Å². The SMILES string of the molecule is c1cc2ccc(CNCCC3CCC3)cc2[nH]1. The molecule has 0 spiro atoms. The molecular weight excluding hydrogens is 208 g/mol. The topological polar surface area (TPSA) is 27.8 Å². The highest BCUT2D eigenvalue weighted by atomic mass is 14.8. The van der Waals surface area contributed by atoms with Gasteiger partial charge in [-0.3, -0.25) is 0 Å². The van der Waals surface area contributed by atoms with Gasteiger partial charge >= 0.3 is 0 Å². The number of aromatic nitrogens is 1. The Labute approximate surface area is 102 Å². The van der Waals surface area contributed by atoms with Gasteiger partial charge in [0.1, 0.15) is 0 Å². The van der Waals surface area contributed by atoms with Crippen molar-refractivity contribution in [3.05, 3.63) is 36.0 Å². The highest BCUT2D eigenvalue weighted by molar-refractivity contribution is 5.79. The second-order valence-corrected chi connectivity index (χ2v) is 5.16. The van der Waals surface area contributed by atoms with E-state index in [9.17, 15) is 0 Å². The summed E-state index contributed by atoms with van der Waals surface area (Å²) >= 11 is 0. The zero-order valence-electron chi connectivity index (χ0n) is 10.2. The molecule has 0 atom stereocenters. The molecule has 3 rings (SSSR count). The van der Waals surface area contributed by atoms with E-state index in [4.69, 9.17) is 0 Å². The highest BCUT2D eigenvalue weighted by Gasteiger charge is 2.15. The fourth-order valence-electron chi connectivity index (χ4n) is 2.53. The van der Waals surface area contributed by atoms with Gasteiger partial charge in [-0.2, -0.15) is 0 Å². The number of hydrogen-bond acceptors (Lipinski definition) is 1. The van der Waals surface area contributed by atoms with E-state index < -0.39 is 0 Å². The fraction of sp³-hybridized carbons (Fsp3) is 0.467. The lowest BCUT2D eigenvalue weighted by Crippen LogP contribution is -2.21. The van der Waals surface area contributed by atoms with Crippen LogP contribution in [-0.2, 0) is 6.54 Å². The van der Waals surface area contributed by atoms with Gasteiger partial charge in [0.2, 0.25) is 0 Å². The van der Waals surface area contributed by atoms with E-state index in [0.717, 1.165) is 19.0 Å². The molecule has 2 N–H and O–H groups in total. The summed E-state index contributed by atoms with van der Waals surface area (Å²) in [5.41, 5.74) is 2.61. The minimum Gasteiger partial charge on any atom is -0.361 e. The summed E-state index contributed by atoms with van der Waals surface area (Å²) in [6.45, 7) is 2.15. The minimum absolute atomic E-state index is 0.988. The third-order valence-electron chi connectivity index (χ3n) is 3.90. The van der Waals surface area contributed by atoms with Crippen LogP contribution in [0.15, 0.2) is 30.5 Å². The fourth-order valence-corrected chi connectivity index (χ4v) is 2.53. The maximum Gasteiger partial charge on any atom is 0.0457 e. The second kappa shape index (κ2) is 4.92. The molecule has 0 radical (unpaired) electrons. The van der Waals surface area contributed by atoms with Gasteiger partial charge in [0.25, 0.3) is 0 Å². The number of benzene rings is 1. The molecule has 90 valence electrons. The lowest BCUT2D eigenvalue weighted by atomic mass is 9.83. The Bertz CT molecular complexity index is 482. The molecule has 0 aliphatic heterocycles. The van der Waals surface area contributed by atoms with Gasteiger partial charge in [0, 0.05) is 18.3 Å². The number of hydrogen-bond donors (Lipinski definition) is 2. The molecule has 2 aromatic rings. The largest absolute Gasteiger partial charge is 0.361 e. The van der Waals surface area contributed by atoms with Crippen LogP contribution in [0.3, 0.4) is 0 Å². The number of aromatic amines is 1. The molecule has 1 aromatic carbocycles. The van der Waals surface area contributed by atoms with Crippen molar-refractivity contribution in [3.8, 4) is 0 Å². The van der Waals surface area contributed by atoms with Crippen LogP contribution >= 0.6 is 0 Å². The Morgan fingerprint density at radius 2 is 2.18 bits per heavy atom. The lowest BCUT2D eigenvalue weighted by molar-refractivity contribution is 0.292. The van der Waals surface area contributed by atoms with E-state index in [0.29, 0.717) is 0 Å². The zero-order chi connectivity index (χ0) is 11.5. The summed E-state index contributed by atoms with van der Waals surface area (Å²) in [5.74, 6) is 1.01. The highest BCUT2D eigenvalue weighted by Crippen LogP contribution is 2.28. The standard InChI is InChI=1S/C15H20N2/c1-2-12(3-1)6-8-16-11-13-4-5-14-7-9-17-15(14)10-13/h4-5,7,9-10,12,16-17H,1-3,6,8,11H2. The van der Waals surface area contributed by atoms with Crippen LogP contribution < -0.4 is 5.32 Å². The predicted molar refractivity (Wildman–Crippen MR) is 72.0 cm³/mol. The van der Waals surface area contributed by atoms with Gasteiger partial charge in [-0.05, 0) is 42.0 Å². The smallest absolute Gasteiger partial charge is 0.0457 e. The number of nitrogens with one attached hydrogen (secondary N) is 2. The Hall–Kier alpha value is -1.28. The molecule has 1 aliphatic rings. The second-order valence-electron chi connectivity index (χ2n) is 5.16. The molecule has 0 bridgehead atoms. The summed E-state index contributed by atoms with van der Waals surface area (Å²) in [5, 5.41) is 4.84. The van der Waals surface area contributed by atoms with Crippen LogP contribution in [0.5, 0.6) is 0 Å². The lowest BCUT2D eigenvalue weighted by Gasteiger charge is -2.25. The van der Waals surface area contributed by atoms with Gasteiger partial charge in [0.05, 0.1) is 0 Å². The van der Waals surface area contributed by atoms with Crippen LogP contribution in [0, 0.1) is 5.92 Å². The Kier molecular flexibility index (Phi) is 3.14. The molecule has 0 unspecified atom stereocenters. The first-order chi connectivity index (χ1) is 8.42. The summed E-state index contributed by atoms with van der Waals surface area (Å²) in [7, 11) is 0. The van der Waals surface area contributed by atoms with E-state index in [-0.39, 0.29) is 0 Å². The van der Waals surface area contributed by atoms with E-state index in [1.54, 1.807) is 0 Å². The summed E-state index contributed by atoms with van der Waals surface area (Å²) < 4.78 is 0. The average molecular weight is 228 g/mol. The number of fused-ring (bicyclic) bond motifs is 1. The predicted octanol–water partition coefficient (Wildman–Crippen LogP) is 3.45. The van der Waals surface area contributed by atoms with Crippen LogP contribution in [0.1, 0.15) is 31.2 Å². The van der Waals surface area contributed by atoms with Crippen molar-refractivity contribution in [2.45, 2.75) is 32.2 Å². The molecular formula is C15H20N2. The Balaban J connectivity index is 1.49. The molecule has 2 nitrogen and oxygen atoms in total. The van der Waals surface area contributed by atoms with Crippen LogP contribution in [-0.4, -0.2) is 11.5 Å². The molecule has 1 heterocycles. The maximum absolute atomic E-state index is 3.54. The molecule has 1 fully saturated rings. The molecule has 1 saturated carbocycles. The number of rotatable bonds is 5. The first kappa shape index (κ1) is 10.8.